The largest absolute Gasteiger partial charge is 0.337 e. The van der Waals surface area contributed by atoms with Crippen LogP contribution in [0.2, 0.25) is 0 Å². The van der Waals surface area contributed by atoms with E-state index in [2.05, 4.69) is 19.9 Å². The quantitative estimate of drug-likeness (QED) is 0.413. The van der Waals surface area contributed by atoms with Crippen LogP contribution in [0.15, 0.2) is 83.0 Å². The Morgan fingerprint density at radius 1 is 0.656 bits per heavy atom. The summed E-state index contributed by atoms with van der Waals surface area (Å²) in [6.07, 6.45) is 12.0. The molecule has 160 valence electrons. The van der Waals surface area contributed by atoms with Gasteiger partial charge >= 0.3 is 0 Å². The van der Waals surface area contributed by atoms with E-state index in [1.807, 2.05) is 85.5 Å². The fourth-order valence-corrected chi connectivity index (χ4v) is 4.08. The number of nitrogens with one attached hydrogen (secondary N) is 2. The molecule has 0 amide bonds. The smallest absolute Gasteiger partial charge is 0.137 e. The number of hydrogen-bond donors (Lipinski definition) is 2. The normalized spacial score (nSPS) is 19.1. The maximum Gasteiger partial charge on any atom is 0.137 e. The number of rotatable bonds is 6. The Hall–Kier alpha value is -3.80. The predicted molar refractivity (Wildman–Crippen MR) is 129 cm³/mol. The molecule has 0 aliphatic heterocycles. The minimum atomic E-state index is 0.181. The zero-order chi connectivity index (χ0) is 21.6. The summed E-state index contributed by atoms with van der Waals surface area (Å²) in [4.78, 5) is 25.4. The van der Waals surface area contributed by atoms with E-state index >= 15 is 0 Å². The Balaban J connectivity index is 1.26. The highest BCUT2D eigenvalue weighted by molar-refractivity contribution is 5.79. The van der Waals surface area contributed by atoms with Gasteiger partial charge in [-0.3, -0.25) is 9.98 Å². The van der Waals surface area contributed by atoms with Gasteiger partial charge in [0.05, 0.1) is 35.9 Å². The maximum atomic E-state index is 4.87. The third kappa shape index (κ3) is 4.75. The van der Waals surface area contributed by atoms with Crippen molar-refractivity contribution < 1.29 is 0 Å². The molecule has 2 atom stereocenters. The third-order valence-corrected chi connectivity index (χ3v) is 5.79. The summed E-state index contributed by atoms with van der Waals surface area (Å²) in [5.41, 5.74) is 3.97. The van der Waals surface area contributed by atoms with Gasteiger partial charge in [0, 0.05) is 23.6 Å². The topological polar surface area (TPSA) is 82.1 Å². The van der Waals surface area contributed by atoms with Crippen molar-refractivity contribution in [3.05, 3.63) is 84.4 Å². The molecule has 1 aliphatic carbocycles. The van der Waals surface area contributed by atoms with Gasteiger partial charge in [0.2, 0.25) is 0 Å². The van der Waals surface area contributed by atoms with E-state index in [0.29, 0.717) is 0 Å². The second-order valence-corrected chi connectivity index (χ2v) is 8.08. The van der Waals surface area contributed by atoms with Gasteiger partial charge in [-0.05, 0) is 12.8 Å². The molecule has 2 aromatic carbocycles. The number of aromatic amines is 2. The fraction of sp³-hybridized carbons (Fsp3) is 0.231. The summed E-state index contributed by atoms with van der Waals surface area (Å²) in [6, 6.07) is 20.6. The first-order valence-electron chi connectivity index (χ1n) is 11.1. The van der Waals surface area contributed by atoms with Crippen LogP contribution in [0.25, 0.3) is 22.8 Å². The SMILES string of the molecule is C(=N[C@@H]1CCCC[C@H]1N=Cc1cnc(-c2ccccc2)[nH]1)c1cnc(-c2ccccc2)[nH]1. The number of nitrogens with zero attached hydrogens (tertiary/aromatic N) is 4. The van der Waals surface area contributed by atoms with Crippen molar-refractivity contribution in [2.45, 2.75) is 37.8 Å². The van der Waals surface area contributed by atoms with Gasteiger partial charge in [-0.1, -0.05) is 73.5 Å². The molecule has 6 heteroatoms. The summed E-state index contributed by atoms with van der Waals surface area (Å²) in [6.45, 7) is 0. The van der Waals surface area contributed by atoms with Crippen molar-refractivity contribution in [3.63, 3.8) is 0 Å². The van der Waals surface area contributed by atoms with Crippen molar-refractivity contribution in [3.8, 4) is 22.8 Å². The molecular weight excluding hydrogens is 396 g/mol. The summed E-state index contributed by atoms with van der Waals surface area (Å²) in [5, 5.41) is 0. The van der Waals surface area contributed by atoms with E-state index in [-0.39, 0.29) is 12.1 Å². The van der Waals surface area contributed by atoms with Crippen LogP contribution >= 0.6 is 0 Å². The van der Waals surface area contributed by atoms with Gasteiger partial charge in [-0.15, -0.1) is 0 Å². The Kier molecular flexibility index (Phi) is 6.01. The molecular formula is C26H26N6. The van der Waals surface area contributed by atoms with Crippen molar-refractivity contribution in [1.82, 2.24) is 19.9 Å². The molecule has 2 heterocycles. The summed E-state index contributed by atoms with van der Waals surface area (Å²) < 4.78 is 0. The third-order valence-electron chi connectivity index (χ3n) is 5.79. The van der Waals surface area contributed by atoms with Crippen LogP contribution in [-0.2, 0) is 0 Å². The molecule has 0 bridgehead atoms. The van der Waals surface area contributed by atoms with E-state index < -0.39 is 0 Å². The predicted octanol–water partition coefficient (Wildman–Crippen LogP) is 5.32. The highest BCUT2D eigenvalue weighted by atomic mass is 15.0. The highest BCUT2D eigenvalue weighted by Crippen LogP contribution is 2.24. The number of benzene rings is 2. The molecule has 4 aromatic rings. The number of aromatic nitrogens is 4. The van der Waals surface area contributed by atoms with E-state index in [9.17, 15) is 0 Å². The average molecular weight is 423 g/mol. The van der Waals surface area contributed by atoms with Crippen LogP contribution in [-0.4, -0.2) is 44.4 Å². The Labute approximate surface area is 187 Å². The van der Waals surface area contributed by atoms with Crippen molar-refractivity contribution in [1.29, 1.82) is 0 Å². The lowest BCUT2D eigenvalue weighted by molar-refractivity contribution is 0.390. The Morgan fingerprint density at radius 3 is 1.53 bits per heavy atom. The molecule has 0 radical (unpaired) electrons. The minimum Gasteiger partial charge on any atom is -0.337 e. The first-order chi connectivity index (χ1) is 15.8. The molecule has 5 rings (SSSR count). The first-order valence-corrected chi connectivity index (χ1v) is 11.1. The molecule has 0 unspecified atom stereocenters. The van der Waals surface area contributed by atoms with Crippen LogP contribution in [0.4, 0.5) is 0 Å². The molecule has 1 aliphatic rings. The van der Waals surface area contributed by atoms with Gasteiger partial charge in [-0.2, -0.15) is 0 Å². The average Bonchev–Trinajstić information content (AvgIpc) is 3.53. The van der Waals surface area contributed by atoms with E-state index in [1.165, 1.54) is 12.8 Å². The Morgan fingerprint density at radius 2 is 1.09 bits per heavy atom. The first kappa shape index (κ1) is 20.1. The zero-order valence-electron chi connectivity index (χ0n) is 17.9. The second kappa shape index (κ2) is 9.56. The molecule has 1 fully saturated rings. The summed E-state index contributed by atoms with van der Waals surface area (Å²) >= 11 is 0. The van der Waals surface area contributed by atoms with Crippen molar-refractivity contribution in [2.24, 2.45) is 9.98 Å². The number of hydrogen-bond acceptors (Lipinski definition) is 4. The van der Waals surface area contributed by atoms with E-state index in [0.717, 1.165) is 47.0 Å². The molecule has 32 heavy (non-hydrogen) atoms. The Bertz CT molecular complexity index is 1090. The molecule has 2 aromatic heterocycles. The van der Waals surface area contributed by atoms with Crippen LogP contribution in [0.5, 0.6) is 0 Å². The lowest BCUT2D eigenvalue weighted by atomic mass is 9.91. The van der Waals surface area contributed by atoms with Crippen LogP contribution < -0.4 is 0 Å². The van der Waals surface area contributed by atoms with Crippen molar-refractivity contribution >= 4 is 12.4 Å². The lowest BCUT2D eigenvalue weighted by Crippen LogP contribution is -2.27. The summed E-state index contributed by atoms with van der Waals surface area (Å²) in [5.74, 6) is 1.72. The molecule has 0 spiro atoms. The van der Waals surface area contributed by atoms with Gasteiger partial charge in [-0.25, -0.2) is 9.97 Å². The molecule has 1 saturated carbocycles. The standard InChI is InChI=1S/C26H26N6/c1-3-9-19(10-4-1)25-29-17-21(31-25)15-27-23-13-7-8-14-24(23)28-16-22-18-30-26(32-22)20-11-5-2-6-12-20/h1-6,9-12,15-18,23-24H,7-8,13-14H2,(H,29,31)(H,30,32)/t23-,24-/m1/s1. The summed E-state index contributed by atoms with van der Waals surface area (Å²) in [7, 11) is 0. The minimum absolute atomic E-state index is 0.181. The van der Waals surface area contributed by atoms with E-state index in [1.54, 1.807) is 0 Å². The van der Waals surface area contributed by atoms with Gasteiger partial charge in [0.25, 0.3) is 0 Å². The van der Waals surface area contributed by atoms with Crippen LogP contribution in [0, 0.1) is 0 Å². The monoisotopic (exact) mass is 422 g/mol. The van der Waals surface area contributed by atoms with Gasteiger partial charge in [0.1, 0.15) is 11.6 Å². The molecule has 0 saturated heterocycles. The van der Waals surface area contributed by atoms with Gasteiger partial charge < -0.3 is 9.97 Å². The van der Waals surface area contributed by atoms with Gasteiger partial charge in [0.15, 0.2) is 0 Å². The van der Waals surface area contributed by atoms with Crippen LogP contribution in [0.3, 0.4) is 0 Å². The highest BCUT2D eigenvalue weighted by Gasteiger charge is 2.23. The number of imidazole rings is 2. The molecule has 6 nitrogen and oxygen atoms in total. The lowest BCUT2D eigenvalue weighted by Gasteiger charge is -2.25. The van der Waals surface area contributed by atoms with Crippen molar-refractivity contribution in [2.75, 3.05) is 0 Å². The number of H-pyrrole nitrogens is 2. The second-order valence-electron chi connectivity index (χ2n) is 8.08. The maximum absolute atomic E-state index is 4.87. The fourth-order valence-electron chi connectivity index (χ4n) is 4.08. The number of aliphatic imine (C=N–C) groups is 2. The van der Waals surface area contributed by atoms with E-state index in [4.69, 9.17) is 9.98 Å². The zero-order valence-corrected chi connectivity index (χ0v) is 17.9. The van der Waals surface area contributed by atoms with Crippen LogP contribution in [0.1, 0.15) is 37.1 Å². The molecule has 2 N–H and O–H groups in total.